The molecular weight excluding hydrogens is 1160 g/mol. The van der Waals surface area contributed by atoms with Crippen molar-refractivity contribution in [2.45, 2.75) is 102 Å². The molecule has 0 aliphatic carbocycles. The van der Waals surface area contributed by atoms with Gasteiger partial charge in [-0.05, 0) is 96.5 Å². The lowest BCUT2D eigenvalue weighted by atomic mass is 9.94. The molecule has 21 nitrogen and oxygen atoms in total. The number of carbonyl (C=O) groups excluding carboxylic acids is 6. The number of piperazine rings is 2. The number of aryl methyl sites for hydroxylation is 2. The number of pyridine rings is 2. The van der Waals surface area contributed by atoms with Gasteiger partial charge < -0.3 is 29.2 Å². The number of likely N-dealkylation sites (N-methyl/N-ethyl adjacent to an activating group) is 2. The van der Waals surface area contributed by atoms with Gasteiger partial charge in [0.05, 0.1) is 36.2 Å². The van der Waals surface area contributed by atoms with Crippen LogP contribution in [0.5, 0.6) is 11.5 Å². The van der Waals surface area contributed by atoms with Crippen LogP contribution in [-0.4, -0.2) is 164 Å². The normalized spacial score (nSPS) is 20.6. The van der Waals surface area contributed by atoms with Crippen molar-refractivity contribution in [3.05, 3.63) is 216 Å². The van der Waals surface area contributed by atoms with E-state index in [1.54, 1.807) is 103 Å². The highest BCUT2D eigenvalue weighted by Crippen LogP contribution is 2.39. The van der Waals surface area contributed by atoms with Crippen LogP contribution in [-0.2, 0) is 72.1 Å². The molecule has 4 aliphatic rings. The van der Waals surface area contributed by atoms with E-state index < -0.39 is 44.3 Å². The lowest BCUT2D eigenvalue weighted by Crippen LogP contribution is -2.78. The number of hydrazine groups is 2. The number of aromatic nitrogens is 2. The Kier molecular flexibility index (Phi) is 18.5. The van der Waals surface area contributed by atoms with Gasteiger partial charge in [-0.1, -0.05) is 133 Å². The summed E-state index contributed by atoms with van der Waals surface area (Å²) in [5.41, 5.74) is 6.86. The van der Waals surface area contributed by atoms with Crippen molar-refractivity contribution in [2.24, 2.45) is 0 Å². The molecule has 0 bridgehead atoms. The van der Waals surface area contributed by atoms with E-state index >= 15 is 0 Å². The second-order valence-corrected chi connectivity index (χ2v) is 24.4. The van der Waals surface area contributed by atoms with Gasteiger partial charge in [-0.15, -0.1) is 0 Å². The maximum Gasteiger partial charge on any atom is 0.524 e. The molecule has 6 atom stereocenters. The first-order valence-corrected chi connectivity index (χ1v) is 31.5. The van der Waals surface area contributed by atoms with E-state index in [2.05, 4.69) is 14.5 Å². The number of phenolic OH excluding ortho intramolecular Hbond substituents is 1. The summed E-state index contributed by atoms with van der Waals surface area (Å²) >= 11 is 0. The van der Waals surface area contributed by atoms with E-state index in [1.807, 2.05) is 135 Å². The van der Waals surface area contributed by atoms with Gasteiger partial charge in [0.1, 0.15) is 35.9 Å². The number of phenols is 1. The van der Waals surface area contributed by atoms with E-state index in [-0.39, 0.29) is 98.8 Å². The van der Waals surface area contributed by atoms with Crippen molar-refractivity contribution in [1.29, 1.82) is 0 Å². The van der Waals surface area contributed by atoms with Gasteiger partial charge in [0.25, 0.3) is 0 Å². The number of benzene rings is 6. The van der Waals surface area contributed by atoms with Crippen LogP contribution in [0.25, 0.3) is 21.8 Å². The monoisotopic (exact) mass is 1230 g/mol. The number of phosphoric acid groups is 1. The van der Waals surface area contributed by atoms with Crippen LogP contribution < -0.4 is 4.52 Å². The zero-order valence-corrected chi connectivity index (χ0v) is 51.3. The quantitative estimate of drug-likeness (QED) is 0.0805. The number of nitrogens with zero attached hydrogens (tertiary/aromatic N) is 10. The van der Waals surface area contributed by atoms with Crippen LogP contribution in [0.1, 0.15) is 60.1 Å². The minimum Gasteiger partial charge on any atom is -0.508 e. The lowest BCUT2D eigenvalue weighted by Gasteiger charge is -2.57. The van der Waals surface area contributed by atoms with Crippen LogP contribution in [0.3, 0.4) is 0 Å². The van der Waals surface area contributed by atoms with E-state index in [4.69, 9.17) is 0 Å². The van der Waals surface area contributed by atoms with E-state index in [9.17, 15) is 48.2 Å². The molecule has 0 saturated carbocycles. The van der Waals surface area contributed by atoms with Gasteiger partial charge in [-0.2, -0.15) is 0 Å². The Morgan fingerprint density at radius 2 is 0.922 bits per heavy atom. The topological polar surface area (TPSA) is 241 Å². The zero-order chi connectivity index (χ0) is 63.4. The fourth-order valence-corrected chi connectivity index (χ4v) is 13.3. The third-order valence-electron chi connectivity index (χ3n) is 17.3. The highest BCUT2D eigenvalue weighted by molar-refractivity contribution is 7.46. The Labute approximate surface area is 521 Å². The molecule has 2 aromatic heterocycles. The standard InChI is InChI=1S/C34H36N5O7P.C34H35N5O4/c1-23-33-38(31(41)22-36(2)39(33)30(40)18-15-24-8-4-3-5-9-24)29(20-25-13-16-28(17-14-25)46-47(43,44)45)34(42)37(23)21-27-11-6-10-26-12-7-19-35-32(26)27;1-23-33-38(31(42)22-36(2)39(33)30(41)18-15-24-8-4-3-5-9-24)29(20-25-13-16-28(40)17-14-25)34(43)37(23)21-27-11-6-10-26-12-7-19-35-32(26)27/h3-14,16-17,19,23,29,33H,15,18,20-22H2,1-2H3,(H2,43,44,45);3-14,16-17,19,23,29,33,40H,15,18,20-22H2,1-2H3/t2*23-,29-,33?/m00/s1. The van der Waals surface area contributed by atoms with Gasteiger partial charge in [0.15, 0.2) is 0 Å². The van der Waals surface area contributed by atoms with Crippen LogP contribution in [0, 0.1) is 0 Å². The number of fused-ring (bicyclic) bond motifs is 4. The molecule has 6 aromatic carbocycles. The molecule has 0 radical (unpaired) electrons. The van der Waals surface area contributed by atoms with Crippen molar-refractivity contribution in [3.63, 3.8) is 0 Å². The maximum atomic E-state index is 14.5. The molecule has 4 fully saturated rings. The van der Waals surface area contributed by atoms with Crippen molar-refractivity contribution >= 4 is 65.1 Å². The predicted molar refractivity (Wildman–Crippen MR) is 335 cm³/mol. The largest absolute Gasteiger partial charge is 0.524 e. The maximum absolute atomic E-state index is 14.5. The zero-order valence-electron chi connectivity index (χ0n) is 50.4. The van der Waals surface area contributed by atoms with Crippen LogP contribution in [0.15, 0.2) is 182 Å². The number of aromatic hydroxyl groups is 1. The summed E-state index contributed by atoms with van der Waals surface area (Å²) in [6.07, 6.45) is 3.94. The number of hydrogen-bond donors (Lipinski definition) is 3. The van der Waals surface area contributed by atoms with Gasteiger partial charge in [0, 0.05) is 76.0 Å². The molecule has 464 valence electrons. The summed E-state index contributed by atoms with van der Waals surface area (Å²) in [6, 6.07) is 48.9. The molecule has 0 spiro atoms. The number of hydrogen-bond acceptors (Lipinski definition) is 13. The van der Waals surface area contributed by atoms with Crippen LogP contribution in [0.4, 0.5) is 0 Å². The van der Waals surface area contributed by atoms with E-state index in [1.165, 1.54) is 12.1 Å². The first-order chi connectivity index (χ1) is 43.3. The number of phosphoric ester groups is 1. The summed E-state index contributed by atoms with van der Waals surface area (Å²) in [6.45, 7) is 4.19. The first-order valence-electron chi connectivity index (χ1n) is 30.0. The number of rotatable bonds is 16. The molecular formula is C68H71N10O11P. The summed E-state index contributed by atoms with van der Waals surface area (Å²) in [4.78, 5) is 118. The Hall–Kier alpha value is -9.37. The molecule has 2 unspecified atom stereocenters. The summed E-state index contributed by atoms with van der Waals surface area (Å²) < 4.78 is 16.0. The Morgan fingerprint density at radius 3 is 1.33 bits per heavy atom. The third-order valence-corrected chi connectivity index (χ3v) is 17.7. The third kappa shape index (κ3) is 13.5. The summed E-state index contributed by atoms with van der Waals surface area (Å²) in [7, 11) is -1.28. The molecule has 4 saturated heterocycles. The number of para-hydroxylation sites is 2. The second kappa shape index (κ2) is 26.8. The smallest absolute Gasteiger partial charge is 0.508 e. The molecule has 22 heteroatoms. The van der Waals surface area contributed by atoms with Gasteiger partial charge >= 0.3 is 7.82 Å². The van der Waals surface area contributed by atoms with Crippen LogP contribution >= 0.6 is 7.82 Å². The van der Waals surface area contributed by atoms with Crippen molar-refractivity contribution < 1.29 is 52.7 Å². The molecule has 4 aliphatic heterocycles. The molecule has 12 rings (SSSR count). The Bertz CT molecular complexity index is 3980. The van der Waals surface area contributed by atoms with Crippen molar-refractivity contribution in [1.82, 2.24) is 49.6 Å². The van der Waals surface area contributed by atoms with Gasteiger partial charge in [-0.25, -0.2) is 14.6 Å². The van der Waals surface area contributed by atoms with Crippen molar-refractivity contribution in [3.8, 4) is 11.5 Å². The van der Waals surface area contributed by atoms with E-state index in [0.29, 0.717) is 18.4 Å². The Morgan fingerprint density at radius 1 is 0.522 bits per heavy atom. The molecule has 6 heterocycles. The minimum atomic E-state index is -4.75. The minimum absolute atomic E-state index is 0.00705. The SMILES string of the molecule is C[C@H]1C2N(C(=O)CN(C)N2C(=O)CCc2ccccc2)[C@@H](Cc2ccc(O)cc2)C(=O)N1Cc1cccc2cccnc12.C[C@H]1C2N(C(=O)CN(C)N2C(=O)CCc2ccccc2)[C@@H](Cc2ccc(OP(=O)(O)O)cc2)C(=O)N1Cc1cccc2cccnc12. The van der Waals surface area contributed by atoms with Gasteiger partial charge in [-0.3, -0.25) is 58.5 Å². The second-order valence-electron chi connectivity index (χ2n) is 23.2. The van der Waals surface area contributed by atoms with Crippen molar-refractivity contribution in [2.75, 3.05) is 27.2 Å². The predicted octanol–water partition coefficient (Wildman–Crippen LogP) is 7.28. The highest BCUT2D eigenvalue weighted by Gasteiger charge is 2.56. The highest BCUT2D eigenvalue weighted by atomic mass is 31.2. The first kappa shape index (κ1) is 62.2. The molecule has 8 aromatic rings. The van der Waals surface area contributed by atoms with Crippen LogP contribution in [0.2, 0.25) is 0 Å². The lowest BCUT2D eigenvalue weighted by molar-refractivity contribution is -0.211. The fraction of sp³-hybridized carbons (Fsp3) is 0.294. The molecule has 3 N–H and O–H groups in total. The number of amides is 6. The fourth-order valence-electron chi connectivity index (χ4n) is 12.9. The Balaban J connectivity index is 0.000000186. The number of carbonyl (C=O) groups is 6. The summed E-state index contributed by atoms with van der Waals surface area (Å²) in [5.74, 6) is -1.10. The van der Waals surface area contributed by atoms with Gasteiger partial charge in [0.2, 0.25) is 35.4 Å². The average Bonchev–Trinajstić information content (AvgIpc) is 0.753. The summed E-state index contributed by atoms with van der Waals surface area (Å²) in [5, 5.41) is 18.4. The molecule has 6 amide bonds. The van der Waals surface area contributed by atoms with E-state index in [0.717, 1.165) is 49.6 Å². The average molecular weight is 1240 g/mol. The molecule has 90 heavy (non-hydrogen) atoms.